The summed E-state index contributed by atoms with van der Waals surface area (Å²) in [6.45, 7) is 7.38. The minimum atomic E-state index is -0.150. The fraction of sp³-hybridized carbons (Fsp3) is 0.619. The number of primary amides is 1. The Morgan fingerprint density at radius 1 is 1.00 bits per heavy atom. The Balaban J connectivity index is 1.31. The summed E-state index contributed by atoms with van der Waals surface area (Å²) < 4.78 is 0. The van der Waals surface area contributed by atoms with Crippen LogP contribution in [0.3, 0.4) is 0 Å². The van der Waals surface area contributed by atoms with Crippen LogP contribution >= 0.6 is 11.6 Å². The van der Waals surface area contributed by atoms with Gasteiger partial charge in [-0.25, -0.2) is 0 Å². The number of nitrogens with zero attached hydrogens (tertiary/aromatic N) is 4. The fourth-order valence-corrected chi connectivity index (χ4v) is 4.15. The number of piperidine rings is 1. The maximum Gasteiger partial charge on any atom is 0.220 e. The van der Waals surface area contributed by atoms with Gasteiger partial charge < -0.3 is 26.2 Å². The number of likely N-dealkylation sites (tertiary alicyclic amines) is 1. The number of piperazine rings is 1. The van der Waals surface area contributed by atoms with Crippen molar-refractivity contribution < 1.29 is 4.79 Å². The fourth-order valence-electron chi connectivity index (χ4n) is 4.03. The summed E-state index contributed by atoms with van der Waals surface area (Å²) in [7, 11) is 0. The van der Waals surface area contributed by atoms with E-state index in [0.717, 1.165) is 83.1 Å². The lowest BCUT2D eigenvalue weighted by molar-refractivity contribution is -0.123. The first-order chi connectivity index (χ1) is 14.0. The van der Waals surface area contributed by atoms with Crippen molar-refractivity contribution in [2.45, 2.75) is 25.7 Å². The van der Waals surface area contributed by atoms with Gasteiger partial charge in [-0.1, -0.05) is 11.6 Å². The first-order valence-corrected chi connectivity index (χ1v) is 11.0. The number of hydrogen-bond donors (Lipinski definition) is 2. The molecule has 0 aromatic heterocycles. The first kappa shape index (κ1) is 21.7. The molecule has 2 aliphatic rings. The molecule has 0 radical (unpaired) electrons. The molecule has 2 fully saturated rings. The number of nitrogens with two attached hydrogens (primary N) is 2. The molecule has 0 aliphatic carbocycles. The van der Waals surface area contributed by atoms with Crippen molar-refractivity contribution in [2.24, 2.45) is 22.4 Å². The number of benzene rings is 1. The Kier molecular flexibility index (Phi) is 8.00. The summed E-state index contributed by atoms with van der Waals surface area (Å²) >= 11 is 5.97. The van der Waals surface area contributed by atoms with Gasteiger partial charge in [0.15, 0.2) is 5.96 Å². The van der Waals surface area contributed by atoms with Crippen molar-refractivity contribution in [1.82, 2.24) is 9.80 Å². The van der Waals surface area contributed by atoms with E-state index in [-0.39, 0.29) is 11.8 Å². The monoisotopic (exact) mass is 420 g/mol. The van der Waals surface area contributed by atoms with Gasteiger partial charge in [-0.3, -0.25) is 9.79 Å². The lowest BCUT2D eigenvalue weighted by Gasteiger charge is -2.36. The predicted molar refractivity (Wildman–Crippen MR) is 119 cm³/mol. The lowest BCUT2D eigenvalue weighted by Crippen LogP contribution is -2.51. The van der Waals surface area contributed by atoms with Crippen molar-refractivity contribution >= 4 is 29.2 Å². The van der Waals surface area contributed by atoms with Crippen LogP contribution in [0, 0.1) is 5.92 Å². The largest absolute Gasteiger partial charge is 0.370 e. The molecular formula is C21H33ClN6O. The van der Waals surface area contributed by atoms with Gasteiger partial charge >= 0.3 is 0 Å². The quantitative estimate of drug-likeness (QED) is 0.398. The topological polar surface area (TPSA) is 91.2 Å². The van der Waals surface area contributed by atoms with Crippen molar-refractivity contribution in [3.63, 3.8) is 0 Å². The average Bonchev–Trinajstić information content (AvgIpc) is 2.74. The number of aliphatic imine (C=N–C) groups is 1. The molecule has 29 heavy (non-hydrogen) atoms. The van der Waals surface area contributed by atoms with Gasteiger partial charge in [0.25, 0.3) is 0 Å². The van der Waals surface area contributed by atoms with Crippen molar-refractivity contribution in [3.8, 4) is 0 Å². The molecule has 1 amide bonds. The molecule has 0 spiro atoms. The molecule has 0 atom stereocenters. The van der Waals surface area contributed by atoms with E-state index in [2.05, 4.69) is 31.8 Å². The molecule has 1 aromatic carbocycles. The maximum absolute atomic E-state index is 11.2. The van der Waals surface area contributed by atoms with Crippen LogP contribution in [0.5, 0.6) is 0 Å². The minimum Gasteiger partial charge on any atom is -0.370 e. The average molecular weight is 421 g/mol. The van der Waals surface area contributed by atoms with E-state index in [0.29, 0.717) is 5.96 Å². The molecule has 7 nitrogen and oxygen atoms in total. The van der Waals surface area contributed by atoms with Gasteiger partial charge in [0.1, 0.15) is 0 Å². The smallest absolute Gasteiger partial charge is 0.220 e. The van der Waals surface area contributed by atoms with E-state index < -0.39 is 0 Å². The highest BCUT2D eigenvalue weighted by atomic mass is 35.5. The van der Waals surface area contributed by atoms with E-state index in [9.17, 15) is 4.79 Å². The molecule has 1 aromatic rings. The number of hydrogen-bond acceptors (Lipinski definition) is 4. The van der Waals surface area contributed by atoms with Crippen LogP contribution in [0.15, 0.2) is 29.3 Å². The summed E-state index contributed by atoms with van der Waals surface area (Å²) in [6.07, 6.45) is 3.91. The summed E-state index contributed by atoms with van der Waals surface area (Å²) in [5.74, 6) is 0.572. The number of anilines is 1. The van der Waals surface area contributed by atoms with Crippen molar-refractivity contribution in [1.29, 1.82) is 0 Å². The summed E-state index contributed by atoms with van der Waals surface area (Å²) in [5, 5.41) is 0.763. The highest BCUT2D eigenvalue weighted by Crippen LogP contribution is 2.19. The van der Waals surface area contributed by atoms with E-state index in [1.54, 1.807) is 0 Å². The van der Waals surface area contributed by atoms with Gasteiger partial charge in [0.2, 0.25) is 5.91 Å². The van der Waals surface area contributed by atoms with Crippen LogP contribution in [0.25, 0.3) is 0 Å². The van der Waals surface area contributed by atoms with Crippen molar-refractivity contribution in [3.05, 3.63) is 29.3 Å². The highest BCUT2D eigenvalue weighted by molar-refractivity contribution is 6.30. The summed E-state index contributed by atoms with van der Waals surface area (Å²) in [4.78, 5) is 22.7. The molecule has 0 saturated carbocycles. The van der Waals surface area contributed by atoms with E-state index in [1.807, 2.05) is 12.1 Å². The molecule has 2 aliphatic heterocycles. The third-order valence-electron chi connectivity index (χ3n) is 5.94. The van der Waals surface area contributed by atoms with E-state index in [4.69, 9.17) is 23.1 Å². The number of carbonyl (C=O) groups excluding carboxylic acids is 1. The highest BCUT2D eigenvalue weighted by Gasteiger charge is 2.22. The third kappa shape index (κ3) is 6.51. The zero-order valence-electron chi connectivity index (χ0n) is 17.1. The SMILES string of the molecule is NC(=O)C1CCN(CCCCN=C(N)N2CCN(c3ccc(Cl)cc3)CC2)CC1. The minimum absolute atomic E-state index is 0.0656. The zero-order chi connectivity index (χ0) is 20.6. The Labute approximate surface area is 178 Å². The predicted octanol–water partition coefficient (Wildman–Crippen LogP) is 1.75. The van der Waals surface area contributed by atoms with Gasteiger partial charge in [-0.15, -0.1) is 0 Å². The molecule has 4 N–H and O–H groups in total. The molecule has 2 heterocycles. The van der Waals surface area contributed by atoms with Crippen LogP contribution in [0.2, 0.25) is 5.02 Å². The number of unbranched alkanes of at least 4 members (excludes halogenated alkanes) is 1. The summed E-state index contributed by atoms with van der Waals surface area (Å²) in [6, 6.07) is 7.98. The Hall–Kier alpha value is -1.99. The van der Waals surface area contributed by atoms with Crippen LogP contribution in [0.4, 0.5) is 5.69 Å². The van der Waals surface area contributed by atoms with E-state index >= 15 is 0 Å². The second-order valence-corrected chi connectivity index (χ2v) is 8.35. The molecule has 8 heteroatoms. The van der Waals surface area contributed by atoms with Gasteiger partial charge in [0.05, 0.1) is 0 Å². The van der Waals surface area contributed by atoms with Crippen LogP contribution in [-0.4, -0.2) is 74.0 Å². The number of guanidine groups is 1. The standard InChI is InChI=1S/C21H33ClN6O/c22-18-3-5-19(6-4-18)27-13-15-28(16-14-27)21(24)25-9-1-2-10-26-11-7-17(8-12-26)20(23)29/h3-6,17H,1-2,7-16H2,(H2,23,29)(H2,24,25). The number of carbonyl (C=O) groups is 1. The normalized spacial score (nSPS) is 19.6. The summed E-state index contributed by atoms with van der Waals surface area (Å²) in [5.41, 5.74) is 12.8. The molecule has 2 saturated heterocycles. The van der Waals surface area contributed by atoms with E-state index in [1.165, 1.54) is 5.69 Å². The van der Waals surface area contributed by atoms with Gasteiger partial charge in [-0.05, 0) is 69.6 Å². The van der Waals surface area contributed by atoms with Gasteiger partial charge in [-0.2, -0.15) is 0 Å². The molecule has 0 unspecified atom stereocenters. The first-order valence-electron chi connectivity index (χ1n) is 10.6. The molecule has 0 bridgehead atoms. The Morgan fingerprint density at radius 3 is 2.28 bits per heavy atom. The number of rotatable bonds is 7. The Bertz CT molecular complexity index is 679. The number of amides is 1. The zero-order valence-corrected chi connectivity index (χ0v) is 17.9. The Morgan fingerprint density at radius 2 is 1.66 bits per heavy atom. The maximum atomic E-state index is 11.2. The van der Waals surface area contributed by atoms with Crippen LogP contribution in [-0.2, 0) is 4.79 Å². The second kappa shape index (κ2) is 10.7. The van der Waals surface area contributed by atoms with Crippen molar-refractivity contribution in [2.75, 3.05) is 57.3 Å². The second-order valence-electron chi connectivity index (χ2n) is 7.92. The van der Waals surface area contributed by atoms with Crippen LogP contribution in [0.1, 0.15) is 25.7 Å². The van der Waals surface area contributed by atoms with Crippen LogP contribution < -0.4 is 16.4 Å². The molecule has 160 valence electrons. The van der Waals surface area contributed by atoms with Gasteiger partial charge in [0, 0.05) is 49.4 Å². The lowest BCUT2D eigenvalue weighted by atomic mass is 9.96. The molecular weight excluding hydrogens is 388 g/mol. The number of halogens is 1. The molecule has 3 rings (SSSR count). The third-order valence-corrected chi connectivity index (χ3v) is 6.19.